The summed E-state index contributed by atoms with van der Waals surface area (Å²) in [5.74, 6) is 1.06. The van der Waals surface area contributed by atoms with E-state index in [9.17, 15) is 0 Å². The van der Waals surface area contributed by atoms with Gasteiger partial charge in [0.25, 0.3) is 0 Å². The van der Waals surface area contributed by atoms with Gasteiger partial charge in [0.15, 0.2) is 5.82 Å². The molecule has 3 rings (SSSR count). The second kappa shape index (κ2) is 5.68. The molecule has 110 valence electrons. The number of piperidine rings is 1. The van der Waals surface area contributed by atoms with E-state index in [2.05, 4.69) is 39.1 Å². The van der Waals surface area contributed by atoms with Crippen LogP contribution in [-0.4, -0.2) is 47.8 Å². The Morgan fingerprint density at radius 1 is 1.15 bits per heavy atom. The van der Waals surface area contributed by atoms with Gasteiger partial charge in [-0.3, -0.25) is 0 Å². The van der Waals surface area contributed by atoms with Crippen LogP contribution in [0.2, 0.25) is 0 Å². The van der Waals surface area contributed by atoms with Crippen molar-refractivity contribution < 1.29 is 0 Å². The van der Waals surface area contributed by atoms with Gasteiger partial charge in [0.1, 0.15) is 0 Å². The van der Waals surface area contributed by atoms with E-state index in [0.29, 0.717) is 5.41 Å². The lowest BCUT2D eigenvalue weighted by molar-refractivity contribution is 0.219. The van der Waals surface area contributed by atoms with E-state index in [0.717, 1.165) is 24.6 Å². The Bertz CT molecular complexity index is 444. The van der Waals surface area contributed by atoms with Gasteiger partial charge in [-0.25, -0.2) is 0 Å². The van der Waals surface area contributed by atoms with Crippen LogP contribution in [0.1, 0.15) is 38.3 Å². The molecule has 1 spiro atoms. The molecule has 0 aliphatic carbocycles. The average Bonchev–Trinajstić information content (AvgIpc) is 2.83. The molecule has 1 aromatic rings. The Kier molecular flexibility index (Phi) is 3.92. The van der Waals surface area contributed by atoms with E-state index < -0.39 is 0 Å². The van der Waals surface area contributed by atoms with Gasteiger partial charge in [-0.15, -0.1) is 5.10 Å². The van der Waals surface area contributed by atoms with Crippen LogP contribution in [0.25, 0.3) is 0 Å². The van der Waals surface area contributed by atoms with Gasteiger partial charge in [0.05, 0.1) is 5.69 Å². The number of hydrogen-bond acceptors (Lipinski definition) is 4. The molecule has 1 aromatic heterocycles. The highest BCUT2D eigenvalue weighted by molar-refractivity contribution is 5.38. The van der Waals surface area contributed by atoms with E-state index in [1.54, 1.807) is 0 Å². The van der Waals surface area contributed by atoms with Crippen LogP contribution in [0.5, 0.6) is 0 Å². The highest BCUT2D eigenvalue weighted by atomic mass is 15.3. The van der Waals surface area contributed by atoms with Crippen molar-refractivity contribution in [3.63, 3.8) is 0 Å². The molecule has 0 amide bonds. The van der Waals surface area contributed by atoms with Crippen molar-refractivity contribution in [1.82, 2.24) is 15.1 Å². The Morgan fingerprint density at radius 2 is 2.05 bits per heavy atom. The lowest BCUT2D eigenvalue weighted by atomic mass is 9.79. The normalized spacial score (nSPS) is 27.4. The van der Waals surface area contributed by atoms with E-state index >= 15 is 0 Å². The van der Waals surface area contributed by atoms with Crippen LogP contribution in [0.3, 0.4) is 0 Å². The first-order chi connectivity index (χ1) is 9.71. The van der Waals surface area contributed by atoms with Crippen molar-refractivity contribution in [1.29, 1.82) is 0 Å². The Morgan fingerprint density at radius 3 is 2.80 bits per heavy atom. The Labute approximate surface area is 122 Å². The molecule has 0 N–H and O–H groups in total. The van der Waals surface area contributed by atoms with Crippen molar-refractivity contribution >= 4 is 5.82 Å². The molecule has 4 nitrogen and oxygen atoms in total. The van der Waals surface area contributed by atoms with Gasteiger partial charge < -0.3 is 9.80 Å². The standard InChI is InChI=1S/C16H26N4/c1-3-9-19-11-8-16(12-19)7-4-10-20(13-16)15-6-5-14(2)17-18-15/h5-6H,3-4,7-13H2,1-2H3. The molecule has 2 saturated heterocycles. The molecule has 3 heterocycles. The summed E-state index contributed by atoms with van der Waals surface area (Å²) in [6.45, 7) is 10.4. The second-order valence-electron chi connectivity index (χ2n) is 6.58. The molecule has 20 heavy (non-hydrogen) atoms. The quantitative estimate of drug-likeness (QED) is 0.847. The maximum absolute atomic E-state index is 4.37. The highest BCUT2D eigenvalue weighted by Gasteiger charge is 2.41. The molecule has 0 aromatic carbocycles. The summed E-state index contributed by atoms with van der Waals surface area (Å²) in [6.07, 6.45) is 5.28. The third-order valence-corrected chi connectivity index (χ3v) is 4.83. The molecule has 4 heteroatoms. The second-order valence-corrected chi connectivity index (χ2v) is 6.58. The Hall–Kier alpha value is -1.16. The lowest BCUT2D eigenvalue weighted by Crippen LogP contribution is -2.45. The summed E-state index contributed by atoms with van der Waals surface area (Å²) in [4.78, 5) is 5.09. The first-order valence-corrected chi connectivity index (χ1v) is 7.98. The summed E-state index contributed by atoms with van der Waals surface area (Å²) in [6, 6.07) is 4.20. The fraction of sp³-hybridized carbons (Fsp3) is 0.750. The molecule has 2 aliphatic rings. The topological polar surface area (TPSA) is 32.3 Å². The van der Waals surface area contributed by atoms with E-state index in [1.807, 2.05) is 6.92 Å². The molecule has 1 unspecified atom stereocenters. The number of rotatable bonds is 3. The maximum atomic E-state index is 4.37. The van der Waals surface area contributed by atoms with Crippen LogP contribution < -0.4 is 4.90 Å². The van der Waals surface area contributed by atoms with Crippen molar-refractivity contribution in [2.75, 3.05) is 37.6 Å². The molecular formula is C16H26N4. The minimum Gasteiger partial charge on any atom is -0.355 e. The average molecular weight is 274 g/mol. The van der Waals surface area contributed by atoms with E-state index in [-0.39, 0.29) is 0 Å². The predicted octanol–water partition coefficient (Wildman–Crippen LogP) is 2.49. The maximum Gasteiger partial charge on any atom is 0.151 e. The highest BCUT2D eigenvalue weighted by Crippen LogP contribution is 2.39. The fourth-order valence-corrected chi connectivity index (χ4v) is 3.83. The summed E-state index contributed by atoms with van der Waals surface area (Å²) < 4.78 is 0. The summed E-state index contributed by atoms with van der Waals surface area (Å²) in [7, 11) is 0. The number of likely N-dealkylation sites (tertiary alicyclic amines) is 1. The first kappa shape index (κ1) is 13.8. The van der Waals surface area contributed by atoms with Crippen molar-refractivity contribution in [3.8, 4) is 0 Å². The van der Waals surface area contributed by atoms with Crippen molar-refractivity contribution in [2.45, 2.75) is 39.5 Å². The molecule has 0 radical (unpaired) electrons. The minimum atomic E-state index is 0.500. The van der Waals surface area contributed by atoms with Gasteiger partial charge in [0.2, 0.25) is 0 Å². The van der Waals surface area contributed by atoms with Gasteiger partial charge >= 0.3 is 0 Å². The van der Waals surface area contributed by atoms with Crippen LogP contribution >= 0.6 is 0 Å². The van der Waals surface area contributed by atoms with Gasteiger partial charge in [-0.2, -0.15) is 5.10 Å². The number of hydrogen-bond donors (Lipinski definition) is 0. The number of anilines is 1. The molecule has 2 aliphatic heterocycles. The molecular weight excluding hydrogens is 248 g/mol. The SMILES string of the molecule is CCCN1CCC2(CCCN(c3ccc(C)nn3)C2)C1. The predicted molar refractivity (Wildman–Crippen MR) is 82.0 cm³/mol. The van der Waals surface area contributed by atoms with Crippen LogP contribution in [-0.2, 0) is 0 Å². The van der Waals surface area contributed by atoms with E-state index in [1.165, 1.54) is 45.3 Å². The Balaban J connectivity index is 1.69. The minimum absolute atomic E-state index is 0.500. The zero-order chi connectivity index (χ0) is 14.0. The van der Waals surface area contributed by atoms with Crippen molar-refractivity contribution in [2.24, 2.45) is 5.41 Å². The number of nitrogens with zero attached hydrogens (tertiary/aromatic N) is 4. The first-order valence-electron chi connectivity index (χ1n) is 7.98. The van der Waals surface area contributed by atoms with Crippen LogP contribution in [0, 0.1) is 12.3 Å². The van der Waals surface area contributed by atoms with Crippen molar-refractivity contribution in [3.05, 3.63) is 17.8 Å². The summed E-state index contributed by atoms with van der Waals surface area (Å²) in [5.41, 5.74) is 1.50. The fourth-order valence-electron chi connectivity index (χ4n) is 3.83. The van der Waals surface area contributed by atoms with Gasteiger partial charge in [-0.1, -0.05) is 6.92 Å². The third-order valence-electron chi connectivity index (χ3n) is 4.83. The molecule has 2 fully saturated rings. The smallest absolute Gasteiger partial charge is 0.151 e. The zero-order valence-electron chi connectivity index (χ0n) is 12.8. The summed E-state index contributed by atoms with van der Waals surface area (Å²) >= 11 is 0. The zero-order valence-corrected chi connectivity index (χ0v) is 12.8. The molecule has 1 atom stereocenters. The molecule has 0 bridgehead atoms. The monoisotopic (exact) mass is 274 g/mol. The lowest BCUT2D eigenvalue weighted by Gasteiger charge is -2.41. The molecule has 0 saturated carbocycles. The number of aryl methyl sites for hydroxylation is 1. The van der Waals surface area contributed by atoms with Gasteiger partial charge in [0, 0.05) is 25.0 Å². The van der Waals surface area contributed by atoms with Crippen LogP contribution in [0.15, 0.2) is 12.1 Å². The summed E-state index contributed by atoms with van der Waals surface area (Å²) in [5, 5.41) is 8.59. The van der Waals surface area contributed by atoms with E-state index in [4.69, 9.17) is 0 Å². The number of aromatic nitrogens is 2. The van der Waals surface area contributed by atoms with Crippen LogP contribution in [0.4, 0.5) is 5.82 Å². The van der Waals surface area contributed by atoms with Gasteiger partial charge in [-0.05, 0) is 57.8 Å². The largest absolute Gasteiger partial charge is 0.355 e. The third kappa shape index (κ3) is 2.80.